The lowest BCUT2D eigenvalue weighted by atomic mass is 10.1. The van der Waals surface area contributed by atoms with E-state index in [1.165, 1.54) is 0 Å². The Labute approximate surface area is 122 Å². The molecule has 0 radical (unpaired) electrons. The number of likely N-dealkylation sites (N-methyl/N-ethyl adjacent to an activating group) is 1. The highest BCUT2D eigenvalue weighted by molar-refractivity contribution is 5.92. The Morgan fingerprint density at radius 1 is 1.33 bits per heavy atom. The van der Waals surface area contributed by atoms with Gasteiger partial charge in [0.1, 0.15) is 6.04 Å². The van der Waals surface area contributed by atoms with Crippen molar-refractivity contribution in [3.8, 4) is 0 Å². The molecule has 1 aromatic carbocycles. The molecule has 0 aromatic heterocycles. The van der Waals surface area contributed by atoms with Gasteiger partial charge in [-0.15, -0.1) is 0 Å². The first-order valence-electron chi connectivity index (χ1n) is 6.61. The standard InChI is InChI=1S/C14H18N4O3/c1-18(14(21)11-6-17-12(19)7-16-11)8-9-2-4-10(5-3-9)13(15)20/h2-5,11,16H,6-8H2,1H3,(H2,15,20)(H,17,19). The van der Waals surface area contributed by atoms with E-state index in [0.29, 0.717) is 18.7 Å². The van der Waals surface area contributed by atoms with Gasteiger partial charge in [-0.25, -0.2) is 0 Å². The van der Waals surface area contributed by atoms with Gasteiger partial charge >= 0.3 is 0 Å². The van der Waals surface area contributed by atoms with E-state index in [-0.39, 0.29) is 18.4 Å². The highest BCUT2D eigenvalue weighted by Crippen LogP contribution is 2.07. The molecule has 1 unspecified atom stereocenters. The van der Waals surface area contributed by atoms with Crippen molar-refractivity contribution in [1.82, 2.24) is 15.5 Å². The second-order valence-electron chi connectivity index (χ2n) is 4.99. The van der Waals surface area contributed by atoms with E-state index in [1.807, 2.05) is 0 Å². The molecule has 21 heavy (non-hydrogen) atoms. The third-order valence-corrected chi connectivity index (χ3v) is 3.34. The summed E-state index contributed by atoms with van der Waals surface area (Å²) in [5, 5.41) is 5.55. The number of piperazine rings is 1. The second-order valence-corrected chi connectivity index (χ2v) is 4.99. The summed E-state index contributed by atoms with van der Waals surface area (Å²) in [6.07, 6.45) is 0. The molecule has 1 heterocycles. The Hall–Kier alpha value is -2.41. The van der Waals surface area contributed by atoms with E-state index in [2.05, 4.69) is 10.6 Å². The zero-order chi connectivity index (χ0) is 15.4. The molecule has 1 saturated heterocycles. The summed E-state index contributed by atoms with van der Waals surface area (Å²) in [6, 6.07) is 6.39. The zero-order valence-electron chi connectivity index (χ0n) is 11.8. The molecule has 112 valence electrons. The van der Waals surface area contributed by atoms with Crippen LogP contribution in [0.2, 0.25) is 0 Å². The van der Waals surface area contributed by atoms with Crippen LogP contribution in [0.3, 0.4) is 0 Å². The number of carbonyl (C=O) groups excluding carboxylic acids is 3. The number of benzene rings is 1. The van der Waals surface area contributed by atoms with E-state index < -0.39 is 11.9 Å². The predicted molar refractivity (Wildman–Crippen MR) is 76.2 cm³/mol. The lowest BCUT2D eigenvalue weighted by molar-refractivity contribution is -0.134. The molecule has 1 aromatic rings. The first-order chi connectivity index (χ1) is 9.97. The van der Waals surface area contributed by atoms with Gasteiger partial charge in [0.2, 0.25) is 17.7 Å². The average Bonchev–Trinajstić information content (AvgIpc) is 2.47. The topological polar surface area (TPSA) is 105 Å². The van der Waals surface area contributed by atoms with Gasteiger partial charge in [0.05, 0.1) is 6.54 Å². The van der Waals surface area contributed by atoms with E-state index in [0.717, 1.165) is 5.56 Å². The van der Waals surface area contributed by atoms with Crippen LogP contribution in [0.4, 0.5) is 0 Å². The van der Waals surface area contributed by atoms with Gasteiger partial charge in [-0.3, -0.25) is 19.7 Å². The number of carbonyl (C=O) groups is 3. The van der Waals surface area contributed by atoms with Crippen LogP contribution >= 0.6 is 0 Å². The number of nitrogens with one attached hydrogen (secondary N) is 2. The molecule has 7 heteroatoms. The Bertz CT molecular complexity index is 546. The van der Waals surface area contributed by atoms with Gasteiger partial charge < -0.3 is 16.0 Å². The van der Waals surface area contributed by atoms with Crippen LogP contribution in [-0.4, -0.2) is 48.8 Å². The molecule has 0 spiro atoms. The van der Waals surface area contributed by atoms with E-state index >= 15 is 0 Å². The van der Waals surface area contributed by atoms with Crippen molar-refractivity contribution in [2.75, 3.05) is 20.1 Å². The first-order valence-corrected chi connectivity index (χ1v) is 6.61. The summed E-state index contributed by atoms with van der Waals surface area (Å²) in [5.74, 6) is -0.675. The van der Waals surface area contributed by atoms with Crippen molar-refractivity contribution in [1.29, 1.82) is 0 Å². The molecule has 0 aliphatic carbocycles. The quantitative estimate of drug-likeness (QED) is 0.650. The number of hydrogen-bond acceptors (Lipinski definition) is 4. The SMILES string of the molecule is CN(Cc1ccc(C(N)=O)cc1)C(=O)C1CNC(=O)CN1. The lowest BCUT2D eigenvalue weighted by Crippen LogP contribution is -2.58. The number of nitrogens with two attached hydrogens (primary N) is 1. The van der Waals surface area contributed by atoms with Crippen LogP contribution in [0.5, 0.6) is 0 Å². The highest BCUT2D eigenvalue weighted by Gasteiger charge is 2.26. The molecule has 1 atom stereocenters. The van der Waals surface area contributed by atoms with Crippen molar-refractivity contribution in [3.63, 3.8) is 0 Å². The molecule has 4 N–H and O–H groups in total. The predicted octanol–water partition coefficient (Wildman–Crippen LogP) is -1.17. The first kappa shape index (κ1) is 15.0. The van der Waals surface area contributed by atoms with Crippen LogP contribution in [0.1, 0.15) is 15.9 Å². The number of amides is 3. The molecular weight excluding hydrogens is 272 g/mol. The van der Waals surface area contributed by atoms with E-state index in [4.69, 9.17) is 5.73 Å². The molecule has 0 bridgehead atoms. The number of rotatable bonds is 4. The maximum absolute atomic E-state index is 12.2. The molecule has 2 rings (SSSR count). The fourth-order valence-corrected chi connectivity index (χ4v) is 2.13. The van der Waals surface area contributed by atoms with Gasteiger partial charge in [-0.05, 0) is 17.7 Å². The fraction of sp³-hybridized carbons (Fsp3) is 0.357. The Balaban J connectivity index is 1.94. The fourth-order valence-electron chi connectivity index (χ4n) is 2.13. The van der Waals surface area contributed by atoms with Gasteiger partial charge in [0.15, 0.2) is 0 Å². The molecule has 1 aliphatic rings. The minimum absolute atomic E-state index is 0.0889. The monoisotopic (exact) mass is 290 g/mol. The average molecular weight is 290 g/mol. The van der Waals surface area contributed by atoms with Crippen LogP contribution in [0.25, 0.3) is 0 Å². The third-order valence-electron chi connectivity index (χ3n) is 3.34. The van der Waals surface area contributed by atoms with Crippen LogP contribution in [0.15, 0.2) is 24.3 Å². The number of primary amides is 1. The summed E-state index contributed by atoms with van der Waals surface area (Å²) in [5.41, 5.74) is 6.51. The molecular formula is C14H18N4O3. The van der Waals surface area contributed by atoms with Crippen LogP contribution in [0, 0.1) is 0 Å². The van der Waals surface area contributed by atoms with E-state index in [1.54, 1.807) is 36.2 Å². The lowest BCUT2D eigenvalue weighted by Gasteiger charge is -2.27. The van der Waals surface area contributed by atoms with Crippen LogP contribution in [-0.2, 0) is 16.1 Å². The molecule has 3 amide bonds. The van der Waals surface area contributed by atoms with Crippen molar-refractivity contribution in [2.24, 2.45) is 5.73 Å². The summed E-state index contributed by atoms with van der Waals surface area (Å²) in [4.78, 5) is 35.8. The molecule has 1 fully saturated rings. The minimum atomic E-state index is -0.479. The maximum Gasteiger partial charge on any atom is 0.248 e. The van der Waals surface area contributed by atoms with Gasteiger partial charge in [0, 0.05) is 25.7 Å². The van der Waals surface area contributed by atoms with Gasteiger partial charge in [-0.2, -0.15) is 0 Å². The zero-order valence-corrected chi connectivity index (χ0v) is 11.8. The third kappa shape index (κ3) is 3.79. The number of hydrogen-bond donors (Lipinski definition) is 3. The minimum Gasteiger partial charge on any atom is -0.366 e. The van der Waals surface area contributed by atoms with Crippen molar-refractivity contribution in [3.05, 3.63) is 35.4 Å². The van der Waals surface area contributed by atoms with Gasteiger partial charge in [0.25, 0.3) is 0 Å². The second kappa shape index (κ2) is 6.36. The summed E-state index contributed by atoms with van der Waals surface area (Å²) in [7, 11) is 1.70. The Morgan fingerprint density at radius 2 is 2.00 bits per heavy atom. The van der Waals surface area contributed by atoms with Crippen molar-refractivity contribution in [2.45, 2.75) is 12.6 Å². The van der Waals surface area contributed by atoms with Gasteiger partial charge in [-0.1, -0.05) is 12.1 Å². The summed E-state index contributed by atoms with van der Waals surface area (Å²) >= 11 is 0. The Morgan fingerprint density at radius 3 is 2.52 bits per heavy atom. The largest absolute Gasteiger partial charge is 0.366 e. The summed E-state index contributed by atoms with van der Waals surface area (Å²) < 4.78 is 0. The summed E-state index contributed by atoms with van der Waals surface area (Å²) in [6.45, 7) is 0.865. The number of nitrogens with zero attached hydrogens (tertiary/aromatic N) is 1. The maximum atomic E-state index is 12.2. The highest BCUT2D eigenvalue weighted by atomic mass is 16.2. The Kier molecular flexibility index (Phi) is 4.54. The van der Waals surface area contributed by atoms with E-state index in [9.17, 15) is 14.4 Å². The normalized spacial score (nSPS) is 18.0. The smallest absolute Gasteiger partial charge is 0.248 e. The van der Waals surface area contributed by atoms with Crippen molar-refractivity contribution < 1.29 is 14.4 Å². The van der Waals surface area contributed by atoms with Crippen molar-refractivity contribution >= 4 is 17.7 Å². The molecule has 1 aliphatic heterocycles. The molecule has 0 saturated carbocycles. The van der Waals surface area contributed by atoms with Crippen LogP contribution < -0.4 is 16.4 Å². The molecule has 7 nitrogen and oxygen atoms in total.